The number of hydrogen-bond acceptors (Lipinski definition) is 3. The number of nitrogens with zero attached hydrogens (tertiary/aromatic N) is 1. The molecule has 0 unspecified atom stereocenters. The van der Waals surface area contributed by atoms with Gasteiger partial charge in [0.15, 0.2) is 0 Å². The highest BCUT2D eigenvalue weighted by atomic mass is 35.5. The second-order valence-corrected chi connectivity index (χ2v) is 1.96. The smallest absolute Gasteiger partial charge is 0.0992 e. The molecule has 3 nitrogen and oxygen atoms in total. The number of benzene rings is 1. The van der Waals surface area contributed by atoms with E-state index < -0.39 is 0 Å². The fraction of sp³-hybridized carbons (Fsp3) is 0. The van der Waals surface area contributed by atoms with Gasteiger partial charge in [0, 0.05) is 0 Å². The average Bonchev–Trinajstić information content (AvgIpc) is 1.95. The maximum atomic E-state index is 8.41. The summed E-state index contributed by atoms with van der Waals surface area (Å²) < 4.78 is 0. The Morgan fingerprint density at radius 3 is 2.08 bits per heavy atom. The van der Waals surface area contributed by atoms with E-state index in [9.17, 15) is 0 Å². The summed E-state index contributed by atoms with van der Waals surface area (Å²) in [7, 11) is 0. The molecule has 0 saturated carbocycles. The fourth-order valence-electron chi connectivity index (χ4n) is 0.644. The van der Waals surface area contributed by atoms with Gasteiger partial charge in [-0.05, 0) is 18.2 Å². The average molecular weight is 206 g/mol. The third-order valence-corrected chi connectivity index (χ3v) is 1.22. The molecule has 0 aromatic heterocycles. The Morgan fingerprint density at radius 1 is 1.08 bits per heavy atom. The lowest BCUT2D eigenvalue weighted by Crippen LogP contribution is -1.93. The molecular formula is C7H9Cl2N3. The first-order valence-corrected chi connectivity index (χ1v) is 2.79. The van der Waals surface area contributed by atoms with E-state index in [2.05, 4.69) is 0 Å². The summed E-state index contributed by atoms with van der Waals surface area (Å²) in [4.78, 5) is 0. The van der Waals surface area contributed by atoms with Gasteiger partial charge in [-0.3, -0.25) is 0 Å². The van der Waals surface area contributed by atoms with Gasteiger partial charge in [0.1, 0.15) is 0 Å². The summed E-state index contributed by atoms with van der Waals surface area (Å²) >= 11 is 0. The van der Waals surface area contributed by atoms with Crippen LogP contribution < -0.4 is 11.5 Å². The molecule has 0 aliphatic heterocycles. The van der Waals surface area contributed by atoms with Crippen LogP contribution in [0.4, 0.5) is 11.4 Å². The molecule has 0 atom stereocenters. The summed E-state index contributed by atoms with van der Waals surface area (Å²) in [6.45, 7) is 0. The van der Waals surface area contributed by atoms with Crippen LogP contribution in [0.25, 0.3) is 0 Å². The predicted molar refractivity (Wildman–Crippen MR) is 54.5 cm³/mol. The van der Waals surface area contributed by atoms with Crippen LogP contribution in [0.1, 0.15) is 5.56 Å². The Hall–Kier alpha value is -1.11. The molecule has 0 aliphatic carbocycles. The lowest BCUT2D eigenvalue weighted by Gasteiger charge is -1.97. The van der Waals surface area contributed by atoms with Crippen molar-refractivity contribution < 1.29 is 0 Å². The van der Waals surface area contributed by atoms with Gasteiger partial charge in [0.2, 0.25) is 0 Å². The third kappa shape index (κ3) is 2.87. The van der Waals surface area contributed by atoms with Crippen molar-refractivity contribution in [2.75, 3.05) is 11.5 Å². The first kappa shape index (κ1) is 13.5. The highest BCUT2D eigenvalue weighted by Gasteiger charge is 1.93. The molecule has 0 amide bonds. The SMILES string of the molecule is Cl.Cl.N#Cc1ccc(N)c(N)c1. The van der Waals surface area contributed by atoms with Crippen molar-refractivity contribution in [3.05, 3.63) is 23.8 Å². The lowest BCUT2D eigenvalue weighted by molar-refractivity contribution is 1.48. The first-order valence-electron chi connectivity index (χ1n) is 2.79. The summed E-state index contributed by atoms with van der Waals surface area (Å²) in [5.41, 5.74) is 12.3. The number of rotatable bonds is 0. The Morgan fingerprint density at radius 2 is 1.67 bits per heavy atom. The van der Waals surface area contributed by atoms with Crippen molar-refractivity contribution in [1.29, 1.82) is 5.26 Å². The third-order valence-electron chi connectivity index (χ3n) is 1.22. The zero-order chi connectivity index (χ0) is 7.56. The van der Waals surface area contributed by atoms with Gasteiger partial charge in [-0.25, -0.2) is 0 Å². The van der Waals surface area contributed by atoms with Crippen LogP contribution in [0.5, 0.6) is 0 Å². The quantitative estimate of drug-likeness (QED) is 0.632. The number of nitriles is 1. The summed E-state index contributed by atoms with van der Waals surface area (Å²) in [6, 6.07) is 6.76. The number of nitrogen functional groups attached to an aromatic ring is 2. The molecule has 12 heavy (non-hydrogen) atoms. The van der Waals surface area contributed by atoms with Gasteiger partial charge < -0.3 is 11.5 Å². The largest absolute Gasteiger partial charge is 0.397 e. The molecule has 4 N–H and O–H groups in total. The minimum atomic E-state index is 0. The van der Waals surface area contributed by atoms with E-state index in [4.69, 9.17) is 16.7 Å². The molecule has 1 rings (SSSR count). The molecular weight excluding hydrogens is 197 g/mol. The van der Waals surface area contributed by atoms with Crippen molar-refractivity contribution in [3.63, 3.8) is 0 Å². The molecule has 0 bridgehead atoms. The van der Waals surface area contributed by atoms with Crippen LogP contribution in [0, 0.1) is 11.3 Å². The molecule has 5 heteroatoms. The maximum Gasteiger partial charge on any atom is 0.0992 e. The topological polar surface area (TPSA) is 75.8 Å². The van der Waals surface area contributed by atoms with Crippen molar-refractivity contribution in [2.24, 2.45) is 0 Å². The maximum absolute atomic E-state index is 8.41. The van der Waals surface area contributed by atoms with Crippen LogP contribution in [0.2, 0.25) is 0 Å². The summed E-state index contributed by atoms with van der Waals surface area (Å²) in [5.74, 6) is 0. The second-order valence-electron chi connectivity index (χ2n) is 1.96. The van der Waals surface area contributed by atoms with Crippen molar-refractivity contribution in [2.45, 2.75) is 0 Å². The van der Waals surface area contributed by atoms with Gasteiger partial charge >= 0.3 is 0 Å². The van der Waals surface area contributed by atoms with Crippen LogP contribution >= 0.6 is 24.8 Å². The van der Waals surface area contributed by atoms with E-state index in [1.807, 2.05) is 6.07 Å². The van der Waals surface area contributed by atoms with E-state index in [1.165, 1.54) is 0 Å². The Balaban J connectivity index is 0. The standard InChI is InChI=1S/C7H7N3.2ClH/c8-4-5-1-2-6(9)7(10)3-5;;/h1-3H,9-10H2;2*1H. The molecule has 0 radical (unpaired) electrons. The van der Waals surface area contributed by atoms with Crippen LogP contribution in [0.15, 0.2) is 18.2 Å². The summed E-state index contributed by atoms with van der Waals surface area (Å²) in [5, 5.41) is 8.41. The van der Waals surface area contributed by atoms with Crippen molar-refractivity contribution in [3.8, 4) is 6.07 Å². The van der Waals surface area contributed by atoms with E-state index in [0.717, 1.165) is 0 Å². The van der Waals surface area contributed by atoms with Gasteiger partial charge in [0.05, 0.1) is 23.0 Å². The normalized spacial score (nSPS) is 7.25. The highest BCUT2D eigenvalue weighted by molar-refractivity contribution is 5.85. The Labute approximate surface area is 83.2 Å². The van der Waals surface area contributed by atoms with E-state index >= 15 is 0 Å². The zero-order valence-corrected chi connectivity index (χ0v) is 7.78. The predicted octanol–water partition coefficient (Wildman–Crippen LogP) is 1.57. The molecule has 66 valence electrons. The number of anilines is 2. The second kappa shape index (κ2) is 5.53. The lowest BCUT2D eigenvalue weighted by atomic mass is 10.2. The van der Waals surface area contributed by atoms with Crippen molar-refractivity contribution >= 4 is 36.2 Å². The molecule has 0 saturated heterocycles. The molecule has 1 aromatic carbocycles. The van der Waals surface area contributed by atoms with E-state index in [1.54, 1.807) is 18.2 Å². The minimum Gasteiger partial charge on any atom is -0.397 e. The first-order chi connectivity index (χ1) is 4.74. The van der Waals surface area contributed by atoms with Crippen LogP contribution in [0.3, 0.4) is 0 Å². The molecule has 0 spiro atoms. The molecule has 1 aromatic rings. The zero-order valence-electron chi connectivity index (χ0n) is 6.15. The Kier molecular flexibility index (Phi) is 6.21. The van der Waals surface area contributed by atoms with E-state index in [-0.39, 0.29) is 24.8 Å². The van der Waals surface area contributed by atoms with Gasteiger partial charge in [-0.2, -0.15) is 5.26 Å². The monoisotopic (exact) mass is 205 g/mol. The number of hydrogen-bond donors (Lipinski definition) is 2. The number of halogens is 2. The fourth-order valence-corrected chi connectivity index (χ4v) is 0.644. The molecule has 0 heterocycles. The molecule has 0 fully saturated rings. The van der Waals surface area contributed by atoms with Gasteiger partial charge in [0.25, 0.3) is 0 Å². The van der Waals surface area contributed by atoms with E-state index in [0.29, 0.717) is 16.9 Å². The van der Waals surface area contributed by atoms with Crippen LogP contribution in [-0.4, -0.2) is 0 Å². The van der Waals surface area contributed by atoms with Gasteiger partial charge in [-0.15, -0.1) is 24.8 Å². The number of nitrogens with two attached hydrogens (primary N) is 2. The van der Waals surface area contributed by atoms with Crippen LogP contribution in [-0.2, 0) is 0 Å². The van der Waals surface area contributed by atoms with Crippen molar-refractivity contribution in [1.82, 2.24) is 0 Å². The molecule has 0 aliphatic rings. The highest BCUT2D eigenvalue weighted by Crippen LogP contribution is 2.14. The minimum absolute atomic E-state index is 0. The van der Waals surface area contributed by atoms with Gasteiger partial charge in [-0.1, -0.05) is 0 Å². The summed E-state index contributed by atoms with van der Waals surface area (Å²) in [6.07, 6.45) is 0. The Bertz CT molecular complexity index is 293.